The van der Waals surface area contributed by atoms with E-state index in [1.54, 1.807) is 6.07 Å². The molecule has 0 fully saturated rings. The van der Waals surface area contributed by atoms with Gasteiger partial charge in [-0.2, -0.15) is 13.2 Å². The lowest BCUT2D eigenvalue weighted by molar-refractivity contribution is -0.185. The third-order valence-electron chi connectivity index (χ3n) is 3.39. The predicted molar refractivity (Wildman–Crippen MR) is 74.3 cm³/mol. The average molecular weight is 298 g/mol. The van der Waals surface area contributed by atoms with Crippen LogP contribution in [0.3, 0.4) is 0 Å². The van der Waals surface area contributed by atoms with E-state index in [4.69, 9.17) is 4.74 Å². The smallest absolute Gasteiger partial charge is 0.429 e. The molecule has 21 heavy (non-hydrogen) atoms. The Bertz CT molecular complexity index is 600. The van der Waals surface area contributed by atoms with Gasteiger partial charge in [0.1, 0.15) is 5.75 Å². The Morgan fingerprint density at radius 3 is 2.52 bits per heavy atom. The maximum atomic E-state index is 13.1. The highest BCUT2D eigenvalue weighted by atomic mass is 19.4. The Kier molecular flexibility index (Phi) is 4.12. The third-order valence-corrected chi connectivity index (χ3v) is 3.39. The van der Waals surface area contributed by atoms with Gasteiger partial charge in [-0.25, -0.2) is 0 Å². The molecule has 2 rings (SSSR count). The van der Waals surface area contributed by atoms with Gasteiger partial charge in [0.05, 0.1) is 0 Å². The van der Waals surface area contributed by atoms with Crippen molar-refractivity contribution in [2.24, 2.45) is 0 Å². The molecule has 114 valence electrons. The Labute approximate surface area is 121 Å². The number of halogens is 3. The fourth-order valence-electron chi connectivity index (χ4n) is 2.54. The molecule has 1 heterocycles. The maximum absolute atomic E-state index is 13.1. The Morgan fingerprint density at radius 1 is 1.33 bits per heavy atom. The Balaban J connectivity index is 2.60. The molecule has 0 spiro atoms. The SMILES string of the molecule is CCCc1cc(C)cc2c1OC(C(F)(F)F)C(C(C)=O)=C2. The predicted octanol–water partition coefficient (Wildman–Crippen LogP) is 4.24. The number of fused-ring (bicyclic) bond motifs is 1. The van der Waals surface area contributed by atoms with Gasteiger partial charge >= 0.3 is 6.18 Å². The van der Waals surface area contributed by atoms with Crippen LogP contribution in [0.2, 0.25) is 0 Å². The second kappa shape index (κ2) is 5.54. The van der Waals surface area contributed by atoms with Crippen molar-refractivity contribution in [2.75, 3.05) is 0 Å². The van der Waals surface area contributed by atoms with Gasteiger partial charge in [-0.3, -0.25) is 4.79 Å². The van der Waals surface area contributed by atoms with Crippen LogP contribution in [0.5, 0.6) is 5.75 Å². The molecule has 0 saturated heterocycles. The van der Waals surface area contributed by atoms with Gasteiger partial charge < -0.3 is 4.74 Å². The quantitative estimate of drug-likeness (QED) is 0.834. The van der Waals surface area contributed by atoms with Crippen LogP contribution >= 0.6 is 0 Å². The van der Waals surface area contributed by atoms with Gasteiger partial charge in [0.25, 0.3) is 0 Å². The summed E-state index contributed by atoms with van der Waals surface area (Å²) in [6, 6.07) is 3.58. The highest BCUT2D eigenvalue weighted by molar-refractivity contribution is 6.00. The summed E-state index contributed by atoms with van der Waals surface area (Å²) in [7, 11) is 0. The van der Waals surface area contributed by atoms with Crippen molar-refractivity contribution in [3.63, 3.8) is 0 Å². The minimum atomic E-state index is -4.61. The van der Waals surface area contributed by atoms with E-state index in [1.807, 2.05) is 19.9 Å². The second-order valence-corrected chi connectivity index (χ2v) is 5.29. The minimum Gasteiger partial charge on any atom is -0.475 e. The first-order valence-electron chi connectivity index (χ1n) is 6.83. The topological polar surface area (TPSA) is 26.3 Å². The zero-order valence-electron chi connectivity index (χ0n) is 12.2. The molecule has 1 aliphatic rings. The van der Waals surface area contributed by atoms with Crippen molar-refractivity contribution in [3.05, 3.63) is 34.4 Å². The number of ketones is 1. The number of Topliss-reactive ketones (excluding diaryl/α,β-unsaturated/α-hetero) is 1. The van der Waals surface area contributed by atoms with Crippen LogP contribution in [0.1, 0.15) is 37.0 Å². The molecule has 0 aliphatic carbocycles. The highest BCUT2D eigenvalue weighted by Crippen LogP contribution is 2.40. The lowest BCUT2D eigenvalue weighted by Crippen LogP contribution is -2.40. The summed E-state index contributed by atoms with van der Waals surface area (Å²) in [5.74, 6) is -0.378. The summed E-state index contributed by atoms with van der Waals surface area (Å²) in [6.45, 7) is 4.95. The van der Waals surface area contributed by atoms with Crippen LogP contribution in [-0.4, -0.2) is 18.1 Å². The lowest BCUT2D eigenvalue weighted by atomic mass is 9.94. The molecule has 1 atom stereocenters. The second-order valence-electron chi connectivity index (χ2n) is 5.29. The van der Waals surface area contributed by atoms with Crippen molar-refractivity contribution < 1.29 is 22.7 Å². The molecule has 1 aliphatic heterocycles. The van der Waals surface area contributed by atoms with Crippen LogP contribution in [0.15, 0.2) is 17.7 Å². The van der Waals surface area contributed by atoms with Gasteiger partial charge in [-0.15, -0.1) is 0 Å². The molecular formula is C16H17F3O2. The molecule has 5 heteroatoms. The molecular weight excluding hydrogens is 281 g/mol. The number of aryl methyl sites for hydroxylation is 2. The molecule has 1 aromatic carbocycles. The molecule has 0 amide bonds. The normalized spacial score (nSPS) is 17.8. The molecule has 1 unspecified atom stereocenters. The van der Waals surface area contributed by atoms with Crippen molar-refractivity contribution in [1.29, 1.82) is 0 Å². The number of carbonyl (C=O) groups excluding carboxylic acids is 1. The van der Waals surface area contributed by atoms with Crippen molar-refractivity contribution >= 4 is 11.9 Å². The molecule has 1 aromatic rings. The number of ether oxygens (including phenoxy) is 1. The van der Waals surface area contributed by atoms with Crippen molar-refractivity contribution in [3.8, 4) is 5.75 Å². The van der Waals surface area contributed by atoms with Crippen LogP contribution in [0, 0.1) is 6.92 Å². The van der Waals surface area contributed by atoms with E-state index >= 15 is 0 Å². The third kappa shape index (κ3) is 3.12. The first kappa shape index (κ1) is 15.6. The van der Waals surface area contributed by atoms with Crippen LogP contribution < -0.4 is 4.74 Å². The fourth-order valence-corrected chi connectivity index (χ4v) is 2.54. The summed E-state index contributed by atoms with van der Waals surface area (Å²) in [5, 5.41) is 0. The zero-order chi connectivity index (χ0) is 15.8. The van der Waals surface area contributed by atoms with E-state index < -0.39 is 18.1 Å². The molecule has 2 nitrogen and oxygen atoms in total. The summed E-state index contributed by atoms with van der Waals surface area (Å²) in [5.41, 5.74) is 1.89. The van der Waals surface area contributed by atoms with Crippen molar-refractivity contribution in [2.45, 2.75) is 45.9 Å². The van der Waals surface area contributed by atoms with Gasteiger partial charge in [0.15, 0.2) is 5.78 Å². The van der Waals surface area contributed by atoms with Crippen LogP contribution in [0.25, 0.3) is 6.08 Å². The van der Waals surface area contributed by atoms with E-state index in [1.165, 1.54) is 6.08 Å². The van der Waals surface area contributed by atoms with Crippen molar-refractivity contribution in [1.82, 2.24) is 0 Å². The summed E-state index contributed by atoms with van der Waals surface area (Å²) in [6.07, 6.45) is -4.03. The molecule has 0 bridgehead atoms. The monoisotopic (exact) mass is 298 g/mol. The summed E-state index contributed by atoms with van der Waals surface area (Å²) in [4.78, 5) is 11.5. The maximum Gasteiger partial charge on any atom is 0.429 e. The number of carbonyl (C=O) groups is 1. The van der Waals surface area contributed by atoms with E-state index in [-0.39, 0.29) is 11.3 Å². The minimum absolute atomic E-state index is 0.245. The van der Waals surface area contributed by atoms with E-state index in [9.17, 15) is 18.0 Å². The first-order chi connectivity index (χ1) is 9.74. The number of rotatable bonds is 3. The molecule has 0 saturated carbocycles. The van der Waals surface area contributed by atoms with E-state index in [2.05, 4.69) is 0 Å². The number of hydrogen-bond donors (Lipinski definition) is 0. The number of hydrogen-bond acceptors (Lipinski definition) is 2. The lowest BCUT2D eigenvalue weighted by Gasteiger charge is -2.29. The van der Waals surface area contributed by atoms with Gasteiger partial charge in [0, 0.05) is 11.1 Å². The molecule has 0 N–H and O–H groups in total. The number of alkyl halides is 3. The fraction of sp³-hybridized carbons (Fsp3) is 0.438. The Hall–Kier alpha value is -1.78. The summed E-state index contributed by atoms with van der Waals surface area (Å²) >= 11 is 0. The van der Waals surface area contributed by atoms with Gasteiger partial charge in [0.2, 0.25) is 6.10 Å². The zero-order valence-corrected chi connectivity index (χ0v) is 12.2. The molecule has 0 aromatic heterocycles. The van der Waals surface area contributed by atoms with E-state index in [0.717, 1.165) is 24.5 Å². The Morgan fingerprint density at radius 2 is 2.00 bits per heavy atom. The summed E-state index contributed by atoms with van der Waals surface area (Å²) < 4.78 is 44.6. The van der Waals surface area contributed by atoms with Gasteiger partial charge in [-0.05, 0) is 43.5 Å². The van der Waals surface area contributed by atoms with Crippen LogP contribution in [-0.2, 0) is 11.2 Å². The number of benzene rings is 1. The average Bonchev–Trinajstić information content (AvgIpc) is 2.36. The standard InChI is InChI=1S/C16H17F3O2/c1-4-5-11-6-9(2)7-12-8-13(10(3)20)15(16(17,18)19)21-14(11)12/h6-8,15H,4-5H2,1-3H3. The largest absolute Gasteiger partial charge is 0.475 e. The first-order valence-corrected chi connectivity index (χ1v) is 6.83. The van der Waals surface area contributed by atoms with Gasteiger partial charge in [-0.1, -0.05) is 19.4 Å². The highest BCUT2D eigenvalue weighted by Gasteiger charge is 2.47. The van der Waals surface area contributed by atoms with E-state index in [0.29, 0.717) is 12.0 Å². The van der Waals surface area contributed by atoms with Crippen LogP contribution in [0.4, 0.5) is 13.2 Å². The molecule has 0 radical (unpaired) electrons.